The van der Waals surface area contributed by atoms with E-state index in [0.29, 0.717) is 6.42 Å². The third-order valence-corrected chi connectivity index (χ3v) is 7.88. The number of likely N-dealkylation sites (N-methyl/N-ethyl adjacent to an activating group) is 1. The maximum Gasteiger partial charge on any atom is 0.241 e. The highest BCUT2D eigenvalue weighted by molar-refractivity contribution is 7.91. The molecule has 0 N–H and O–H groups in total. The Balaban J connectivity index is 1.56. The van der Waals surface area contributed by atoms with Gasteiger partial charge in [-0.3, -0.25) is 9.69 Å². The van der Waals surface area contributed by atoms with Gasteiger partial charge in [-0.05, 0) is 56.0 Å². The molecule has 1 aliphatic heterocycles. The molecule has 0 saturated carbocycles. The van der Waals surface area contributed by atoms with Crippen LogP contribution >= 0.6 is 0 Å². The van der Waals surface area contributed by atoms with E-state index in [1.165, 1.54) is 11.1 Å². The molecule has 0 aromatic heterocycles. The molecule has 2 aromatic rings. The number of rotatable bonds is 5. The molecule has 1 amide bonds. The molecule has 1 saturated heterocycles. The Morgan fingerprint density at radius 3 is 2.48 bits per heavy atom. The van der Waals surface area contributed by atoms with Crippen molar-refractivity contribution in [2.45, 2.75) is 37.8 Å². The summed E-state index contributed by atoms with van der Waals surface area (Å²) < 4.78 is 24.1. The molecule has 2 aliphatic rings. The number of nitrogens with zero attached hydrogens (tertiary/aromatic N) is 2. The molecule has 1 heterocycles. The quantitative estimate of drug-likeness (QED) is 0.757. The molecule has 1 aliphatic carbocycles. The Morgan fingerprint density at radius 1 is 1.03 bits per heavy atom. The van der Waals surface area contributed by atoms with Gasteiger partial charge in [0.25, 0.3) is 0 Å². The van der Waals surface area contributed by atoms with Crippen LogP contribution in [0.25, 0.3) is 0 Å². The lowest BCUT2D eigenvalue weighted by Gasteiger charge is -2.35. The predicted molar refractivity (Wildman–Crippen MR) is 116 cm³/mol. The normalized spacial score (nSPS) is 23.0. The van der Waals surface area contributed by atoms with Gasteiger partial charge >= 0.3 is 0 Å². The van der Waals surface area contributed by atoms with Gasteiger partial charge in [-0.25, -0.2) is 8.42 Å². The number of sulfone groups is 1. The molecular formula is C23H28N2O3S. The van der Waals surface area contributed by atoms with Crippen molar-refractivity contribution in [3.8, 4) is 0 Å². The molecule has 0 spiro atoms. The summed E-state index contributed by atoms with van der Waals surface area (Å²) in [4.78, 5) is 17.2. The van der Waals surface area contributed by atoms with Crippen molar-refractivity contribution in [1.29, 1.82) is 0 Å². The van der Waals surface area contributed by atoms with Crippen LogP contribution < -0.4 is 4.90 Å². The Kier molecular flexibility index (Phi) is 5.74. The summed E-state index contributed by atoms with van der Waals surface area (Å²) >= 11 is 0. The number of hydrogen-bond acceptors (Lipinski definition) is 4. The highest BCUT2D eigenvalue weighted by Crippen LogP contribution is 2.34. The van der Waals surface area contributed by atoms with E-state index in [1.807, 2.05) is 37.4 Å². The minimum Gasteiger partial charge on any atom is -0.307 e. The fraction of sp³-hybridized carbons (Fsp3) is 0.435. The van der Waals surface area contributed by atoms with Crippen LogP contribution in [0, 0.1) is 0 Å². The molecule has 154 valence electrons. The molecule has 4 rings (SSSR count). The number of benzene rings is 2. The van der Waals surface area contributed by atoms with E-state index in [-0.39, 0.29) is 36.0 Å². The molecule has 0 unspecified atom stereocenters. The van der Waals surface area contributed by atoms with Crippen LogP contribution in [0.3, 0.4) is 0 Å². The van der Waals surface area contributed by atoms with Gasteiger partial charge in [0, 0.05) is 11.7 Å². The molecule has 1 fully saturated rings. The number of carbonyl (C=O) groups excluding carboxylic acids is 1. The lowest BCUT2D eigenvalue weighted by molar-refractivity contribution is -0.120. The van der Waals surface area contributed by atoms with Gasteiger partial charge in [0.05, 0.1) is 24.1 Å². The zero-order valence-electron chi connectivity index (χ0n) is 16.8. The van der Waals surface area contributed by atoms with Gasteiger partial charge < -0.3 is 4.90 Å². The fourth-order valence-corrected chi connectivity index (χ4v) is 6.41. The van der Waals surface area contributed by atoms with Crippen molar-refractivity contribution >= 4 is 21.4 Å². The van der Waals surface area contributed by atoms with Gasteiger partial charge in [-0.2, -0.15) is 0 Å². The second kappa shape index (κ2) is 8.28. The van der Waals surface area contributed by atoms with E-state index >= 15 is 0 Å². The van der Waals surface area contributed by atoms with E-state index < -0.39 is 9.84 Å². The molecule has 0 radical (unpaired) electrons. The topological polar surface area (TPSA) is 57.7 Å². The number of para-hydroxylation sites is 1. The zero-order chi connectivity index (χ0) is 20.4. The summed E-state index contributed by atoms with van der Waals surface area (Å²) in [6.07, 6.45) is 3.73. The van der Waals surface area contributed by atoms with Crippen molar-refractivity contribution in [1.82, 2.24) is 4.90 Å². The van der Waals surface area contributed by atoms with Crippen LogP contribution in [-0.2, 0) is 21.1 Å². The SMILES string of the molecule is CN(CC(=O)N(c1ccccc1)[C@H]1CCS(=O)(=O)C1)[C@H]1CCCc2ccccc21. The van der Waals surface area contributed by atoms with Crippen LogP contribution in [0.15, 0.2) is 54.6 Å². The van der Waals surface area contributed by atoms with Gasteiger partial charge in [0.15, 0.2) is 9.84 Å². The van der Waals surface area contributed by atoms with E-state index in [1.54, 1.807) is 4.90 Å². The maximum atomic E-state index is 13.4. The van der Waals surface area contributed by atoms with Crippen molar-refractivity contribution in [3.05, 3.63) is 65.7 Å². The van der Waals surface area contributed by atoms with Gasteiger partial charge in [-0.15, -0.1) is 0 Å². The number of carbonyl (C=O) groups is 1. The summed E-state index contributed by atoms with van der Waals surface area (Å²) in [6, 6.07) is 17.9. The number of hydrogen-bond donors (Lipinski definition) is 0. The average molecular weight is 413 g/mol. The fourth-order valence-electron chi connectivity index (χ4n) is 4.71. The van der Waals surface area contributed by atoms with Crippen LogP contribution in [0.2, 0.25) is 0 Å². The predicted octanol–water partition coefficient (Wildman–Crippen LogP) is 3.22. The Bertz CT molecular complexity index is 975. The lowest BCUT2D eigenvalue weighted by atomic mass is 9.87. The minimum atomic E-state index is -3.08. The van der Waals surface area contributed by atoms with Gasteiger partial charge in [0.1, 0.15) is 0 Å². The monoisotopic (exact) mass is 412 g/mol. The second-order valence-corrected chi connectivity index (χ2v) is 10.4. The molecule has 6 heteroatoms. The number of anilines is 1. The first-order valence-corrected chi connectivity index (χ1v) is 12.1. The van der Waals surface area contributed by atoms with Gasteiger partial charge in [-0.1, -0.05) is 42.5 Å². The summed E-state index contributed by atoms with van der Waals surface area (Å²) in [5, 5.41) is 0. The largest absolute Gasteiger partial charge is 0.307 e. The number of amides is 1. The molecule has 2 aromatic carbocycles. The van der Waals surface area contributed by atoms with Gasteiger partial charge in [0.2, 0.25) is 5.91 Å². The maximum absolute atomic E-state index is 13.4. The third kappa shape index (κ3) is 4.38. The standard InChI is InChI=1S/C23H28N2O3S/c1-24(22-13-7-9-18-8-5-6-12-21(18)22)16-23(26)25(19-10-3-2-4-11-19)20-14-15-29(27,28)17-20/h2-6,8,10-12,20,22H,7,9,13-17H2,1H3/t20-,22-/m0/s1. The molecule has 2 atom stereocenters. The van der Waals surface area contributed by atoms with Crippen molar-refractivity contribution in [2.75, 3.05) is 30.0 Å². The van der Waals surface area contributed by atoms with E-state index in [0.717, 1.165) is 24.9 Å². The summed E-state index contributed by atoms with van der Waals surface area (Å²) in [7, 11) is -1.08. The van der Waals surface area contributed by atoms with Crippen LogP contribution in [0.5, 0.6) is 0 Å². The van der Waals surface area contributed by atoms with Crippen LogP contribution in [0.4, 0.5) is 5.69 Å². The minimum absolute atomic E-state index is 0.0381. The first kappa shape index (κ1) is 20.1. The summed E-state index contributed by atoms with van der Waals surface area (Å²) in [5.74, 6) is 0.160. The van der Waals surface area contributed by atoms with Crippen LogP contribution in [0.1, 0.15) is 36.4 Å². The first-order chi connectivity index (χ1) is 13.9. The lowest BCUT2D eigenvalue weighted by Crippen LogP contribution is -2.46. The summed E-state index contributed by atoms with van der Waals surface area (Å²) in [6.45, 7) is 0.268. The Morgan fingerprint density at radius 2 is 1.76 bits per heavy atom. The molecule has 29 heavy (non-hydrogen) atoms. The number of fused-ring (bicyclic) bond motifs is 1. The molecule has 0 bridgehead atoms. The summed E-state index contributed by atoms with van der Waals surface area (Å²) in [5.41, 5.74) is 3.45. The highest BCUT2D eigenvalue weighted by atomic mass is 32.2. The smallest absolute Gasteiger partial charge is 0.241 e. The van der Waals surface area contributed by atoms with E-state index in [4.69, 9.17) is 0 Å². The molecular weight excluding hydrogens is 384 g/mol. The van der Waals surface area contributed by atoms with E-state index in [9.17, 15) is 13.2 Å². The Labute approximate surface area is 173 Å². The number of aryl methyl sites for hydroxylation is 1. The van der Waals surface area contributed by atoms with Crippen molar-refractivity contribution in [2.24, 2.45) is 0 Å². The Hall–Kier alpha value is -2.18. The highest BCUT2D eigenvalue weighted by Gasteiger charge is 2.36. The van der Waals surface area contributed by atoms with Crippen molar-refractivity contribution < 1.29 is 13.2 Å². The second-order valence-electron chi connectivity index (χ2n) is 8.18. The van der Waals surface area contributed by atoms with E-state index in [2.05, 4.69) is 29.2 Å². The van der Waals surface area contributed by atoms with Crippen LogP contribution in [-0.4, -0.2) is 50.4 Å². The third-order valence-electron chi connectivity index (χ3n) is 6.13. The molecule has 5 nitrogen and oxygen atoms in total. The first-order valence-electron chi connectivity index (χ1n) is 10.3. The van der Waals surface area contributed by atoms with Crippen molar-refractivity contribution in [3.63, 3.8) is 0 Å². The average Bonchev–Trinajstić information content (AvgIpc) is 3.07. The zero-order valence-corrected chi connectivity index (χ0v) is 17.6.